The van der Waals surface area contributed by atoms with Crippen LogP contribution in [0.1, 0.15) is 64.2 Å². The van der Waals surface area contributed by atoms with Gasteiger partial charge >= 0.3 is 6.47 Å². The van der Waals surface area contributed by atoms with Gasteiger partial charge in [-0.2, -0.15) is 0 Å². The SMILES string of the molecule is O=[C]OCCCCCCC1CCCCC1. The number of ether oxygens (including phenoxy) is 1. The summed E-state index contributed by atoms with van der Waals surface area (Å²) >= 11 is 0. The minimum absolute atomic E-state index is 0.549. The summed E-state index contributed by atoms with van der Waals surface area (Å²) in [6.45, 7) is 2.01. The normalized spacial score (nSPS) is 17.6. The zero-order valence-corrected chi connectivity index (χ0v) is 9.67. The van der Waals surface area contributed by atoms with Gasteiger partial charge in [0.25, 0.3) is 0 Å². The topological polar surface area (TPSA) is 26.3 Å². The Morgan fingerprint density at radius 3 is 2.47 bits per heavy atom. The second-order valence-electron chi connectivity index (χ2n) is 4.64. The molecule has 0 saturated heterocycles. The Morgan fingerprint density at radius 1 is 1.00 bits per heavy atom. The van der Waals surface area contributed by atoms with Crippen LogP contribution in [0.5, 0.6) is 0 Å². The Balaban J connectivity index is 1.81. The minimum Gasteiger partial charge on any atom is -0.457 e. The number of unbranched alkanes of at least 4 members (excludes halogenated alkanes) is 3. The van der Waals surface area contributed by atoms with Gasteiger partial charge in [0, 0.05) is 0 Å². The van der Waals surface area contributed by atoms with Crippen LogP contribution in [0, 0.1) is 5.92 Å². The molecule has 1 saturated carbocycles. The fourth-order valence-electron chi connectivity index (χ4n) is 2.48. The van der Waals surface area contributed by atoms with E-state index in [1.165, 1.54) is 64.3 Å². The summed E-state index contributed by atoms with van der Waals surface area (Å²) in [6.07, 6.45) is 13.5. The Hall–Kier alpha value is -0.530. The van der Waals surface area contributed by atoms with Crippen molar-refractivity contribution in [1.29, 1.82) is 0 Å². The third kappa shape index (κ3) is 6.53. The molecule has 1 aliphatic rings. The minimum atomic E-state index is 0.549. The van der Waals surface area contributed by atoms with Crippen LogP contribution in [0.15, 0.2) is 0 Å². The zero-order chi connectivity index (χ0) is 10.8. The van der Waals surface area contributed by atoms with Crippen molar-refractivity contribution in [2.45, 2.75) is 64.2 Å². The average molecular weight is 211 g/mol. The van der Waals surface area contributed by atoms with Crippen molar-refractivity contribution in [3.05, 3.63) is 0 Å². The maximum atomic E-state index is 9.75. The van der Waals surface area contributed by atoms with Crippen molar-refractivity contribution in [2.75, 3.05) is 6.61 Å². The molecular weight excluding hydrogens is 188 g/mol. The summed E-state index contributed by atoms with van der Waals surface area (Å²) in [5.41, 5.74) is 0. The van der Waals surface area contributed by atoms with E-state index in [0.717, 1.165) is 12.3 Å². The molecule has 0 heterocycles. The second kappa shape index (κ2) is 8.75. The van der Waals surface area contributed by atoms with Crippen LogP contribution < -0.4 is 0 Å². The van der Waals surface area contributed by atoms with E-state index < -0.39 is 0 Å². The monoisotopic (exact) mass is 211 g/mol. The molecule has 0 aromatic heterocycles. The van der Waals surface area contributed by atoms with Gasteiger partial charge in [-0.05, 0) is 12.3 Å². The Bertz CT molecular complexity index is 151. The fraction of sp³-hybridized carbons (Fsp3) is 0.923. The third-order valence-electron chi connectivity index (χ3n) is 3.39. The first-order chi connectivity index (χ1) is 7.43. The molecule has 1 fully saturated rings. The lowest BCUT2D eigenvalue weighted by Crippen LogP contribution is -2.05. The first kappa shape index (κ1) is 12.5. The van der Waals surface area contributed by atoms with Gasteiger partial charge in [0.15, 0.2) is 0 Å². The van der Waals surface area contributed by atoms with E-state index in [0.29, 0.717) is 6.61 Å². The Kier molecular flexibility index (Phi) is 7.32. The van der Waals surface area contributed by atoms with Gasteiger partial charge in [-0.15, -0.1) is 0 Å². The molecule has 0 unspecified atom stereocenters. The molecule has 2 nitrogen and oxygen atoms in total. The number of hydrogen-bond acceptors (Lipinski definition) is 2. The summed E-state index contributed by atoms with van der Waals surface area (Å²) in [7, 11) is 0. The van der Waals surface area contributed by atoms with E-state index in [1.807, 2.05) is 0 Å². The fourth-order valence-corrected chi connectivity index (χ4v) is 2.48. The molecule has 0 bridgehead atoms. The van der Waals surface area contributed by atoms with E-state index in [9.17, 15) is 4.79 Å². The largest absolute Gasteiger partial charge is 0.457 e. The number of rotatable bonds is 8. The van der Waals surface area contributed by atoms with Crippen molar-refractivity contribution in [1.82, 2.24) is 0 Å². The van der Waals surface area contributed by atoms with Crippen LogP contribution >= 0.6 is 0 Å². The van der Waals surface area contributed by atoms with Gasteiger partial charge in [-0.1, -0.05) is 57.8 Å². The summed E-state index contributed by atoms with van der Waals surface area (Å²) in [4.78, 5) is 9.75. The quantitative estimate of drug-likeness (QED) is 0.573. The molecule has 87 valence electrons. The van der Waals surface area contributed by atoms with Crippen LogP contribution in [0.2, 0.25) is 0 Å². The van der Waals surface area contributed by atoms with Crippen LogP contribution in [0.25, 0.3) is 0 Å². The summed E-state index contributed by atoms with van der Waals surface area (Å²) < 4.78 is 4.52. The predicted molar refractivity (Wildman–Crippen MR) is 61.3 cm³/mol. The third-order valence-corrected chi connectivity index (χ3v) is 3.39. The molecule has 0 aromatic carbocycles. The van der Waals surface area contributed by atoms with E-state index in [-0.39, 0.29) is 0 Å². The number of hydrogen-bond donors (Lipinski definition) is 0. The molecule has 2 heteroatoms. The lowest BCUT2D eigenvalue weighted by Gasteiger charge is -2.21. The molecule has 0 amide bonds. The van der Waals surface area contributed by atoms with E-state index in [4.69, 9.17) is 0 Å². The molecule has 1 aliphatic carbocycles. The zero-order valence-electron chi connectivity index (χ0n) is 9.67. The first-order valence-corrected chi connectivity index (χ1v) is 6.42. The molecule has 0 N–H and O–H groups in total. The van der Waals surface area contributed by atoms with Crippen molar-refractivity contribution in [3.63, 3.8) is 0 Å². The molecule has 0 aliphatic heterocycles. The maximum absolute atomic E-state index is 9.75. The van der Waals surface area contributed by atoms with Crippen LogP contribution in [-0.2, 0) is 9.53 Å². The van der Waals surface area contributed by atoms with Gasteiger partial charge in [0.2, 0.25) is 0 Å². The highest BCUT2D eigenvalue weighted by molar-refractivity contribution is 5.37. The van der Waals surface area contributed by atoms with Gasteiger partial charge in [-0.3, -0.25) is 0 Å². The summed E-state index contributed by atoms with van der Waals surface area (Å²) in [6, 6.07) is 0. The first-order valence-electron chi connectivity index (χ1n) is 6.42. The molecule has 1 radical (unpaired) electrons. The Morgan fingerprint density at radius 2 is 1.73 bits per heavy atom. The maximum Gasteiger partial charge on any atom is 0.417 e. The second-order valence-corrected chi connectivity index (χ2v) is 4.64. The molecule has 0 atom stereocenters. The Labute approximate surface area is 93.4 Å². The van der Waals surface area contributed by atoms with Gasteiger partial charge in [-0.25, -0.2) is 4.79 Å². The van der Waals surface area contributed by atoms with Crippen molar-refractivity contribution in [2.24, 2.45) is 5.92 Å². The van der Waals surface area contributed by atoms with E-state index in [2.05, 4.69) is 4.74 Å². The van der Waals surface area contributed by atoms with E-state index >= 15 is 0 Å². The molecule has 15 heavy (non-hydrogen) atoms. The number of carbonyl (C=O) groups excluding carboxylic acids is 1. The summed E-state index contributed by atoms with van der Waals surface area (Å²) in [5, 5.41) is 0. The van der Waals surface area contributed by atoms with Crippen LogP contribution in [0.3, 0.4) is 0 Å². The molecule has 0 spiro atoms. The lowest BCUT2D eigenvalue weighted by molar-refractivity contribution is 0.266. The van der Waals surface area contributed by atoms with Gasteiger partial charge in [0.1, 0.15) is 0 Å². The highest BCUT2D eigenvalue weighted by atomic mass is 16.5. The van der Waals surface area contributed by atoms with Crippen LogP contribution in [-0.4, -0.2) is 13.1 Å². The molecule has 0 aromatic rings. The van der Waals surface area contributed by atoms with Crippen molar-refractivity contribution in [3.8, 4) is 0 Å². The highest BCUT2D eigenvalue weighted by Gasteiger charge is 2.12. The van der Waals surface area contributed by atoms with Gasteiger partial charge < -0.3 is 4.74 Å². The predicted octanol–water partition coefficient (Wildman–Crippen LogP) is 3.60. The summed E-state index contributed by atoms with van der Waals surface area (Å²) in [5.74, 6) is 1.01. The highest BCUT2D eigenvalue weighted by Crippen LogP contribution is 2.27. The van der Waals surface area contributed by atoms with Crippen molar-refractivity contribution < 1.29 is 9.53 Å². The average Bonchev–Trinajstić information content (AvgIpc) is 2.29. The van der Waals surface area contributed by atoms with Crippen molar-refractivity contribution >= 4 is 6.47 Å². The standard InChI is InChI=1S/C13H23O2/c14-12-15-11-7-2-1-4-8-13-9-5-3-6-10-13/h13H,1-11H2. The smallest absolute Gasteiger partial charge is 0.417 e. The van der Waals surface area contributed by atoms with E-state index in [1.54, 1.807) is 0 Å². The van der Waals surface area contributed by atoms with Gasteiger partial charge in [0.05, 0.1) is 6.61 Å². The lowest BCUT2D eigenvalue weighted by atomic mass is 9.85. The molecule has 1 rings (SSSR count). The molecular formula is C13H23O2. The van der Waals surface area contributed by atoms with Crippen LogP contribution in [0.4, 0.5) is 0 Å².